The summed E-state index contributed by atoms with van der Waals surface area (Å²) in [4.78, 5) is 0. The van der Waals surface area contributed by atoms with Crippen molar-refractivity contribution in [2.75, 3.05) is 12.8 Å². The van der Waals surface area contributed by atoms with Gasteiger partial charge in [0, 0.05) is 18.8 Å². The van der Waals surface area contributed by atoms with Crippen LogP contribution in [0.2, 0.25) is 0 Å². The molecule has 3 unspecified atom stereocenters. The van der Waals surface area contributed by atoms with Crippen LogP contribution in [0.4, 0.5) is 0 Å². The van der Waals surface area contributed by atoms with Gasteiger partial charge in [-0.2, -0.15) is 0 Å². The zero-order chi connectivity index (χ0) is 14.8. The highest BCUT2D eigenvalue weighted by Crippen LogP contribution is 2.25. The molecule has 3 atom stereocenters. The van der Waals surface area contributed by atoms with E-state index in [4.69, 9.17) is 0 Å². The number of benzene rings is 1. The van der Waals surface area contributed by atoms with Crippen LogP contribution in [0.1, 0.15) is 36.5 Å². The first-order valence-corrected chi connectivity index (χ1v) is 9.00. The lowest BCUT2D eigenvalue weighted by molar-refractivity contribution is 0.170. The van der Waals surface area contributed by atoms with Crippen molar-refractivity contribution >= 4 is 9.84 Å². The van der Waals surface area contributed by atoms with E-state index >= 15 is 0 Å². The Balaban J connectivity index is 1.95. The van der Waals surface area contributed by atoms with Crippen molar-refractivity contribution < 1.29 is 13.5 Å². The van der Waals surface area contributed by atoms with E-state index in [-0.39, 0.29) is 11.3 Å². The first kappa shape index (κ1) is 15.5. The predicted molar refractivity (Wildman–Crippen MR) is 80.4 cm³/mol. The molecular formula is C15H23NO3S. The average molecular weight is 297 g/mol. The molecule has 1 aromatic carbocycles. The Bertz CT molecular complexity index is 556. The van der Waals surface area contributed by atoms with Crippen molar-refractivity contribution in [2.45, 2.75) is 43.6 Å². The Morgan fingerprint density at radius 1 is 1.40 bits per heavy atom. The summed E-state index contributed by atoms with van der Waals surface area (Å²) >= 11 is 0. The average Bonchev–Trinajstić information content (AvgIpc) is 2.84. The van der Waals surface area contributed by atoms with Gasteiger partial charge in [0.2, 0.25) is 0 Å². The van der Waals surface area contributed by atoms with Crippen LogP contribution in [0.5, 0.6) is 0 Å². The third-order valence-electron chi connectivity index (χ3n) is 4.00. The maximum Gasteiger partial charge on any atom is 0.151 e. The lowest BCUT2D eigenvalue weighted by Crippen LogP contribution is -2.41. The summed E-state index contributed by atoms with van der Waals surface area (Å²) in [6.45, 7) is 2.38. The molecule has 0 bridgehead atoms. The summed E-state index contributed by atoms with van der Waals surface area (Å²) in [7, 11) is -3.02. The molecule has 4 nitrogen and oxygen atoms in total. The molecule has 1 aliphatic rings. The van der Waals surface area contributed by atoms with Gasteiger partial charge in [-0.3, -0.25) is 0 Å². The van der Waals surface area contributed by atoms with Crippen LogP contribution >= 0.6 is 0 Å². The van der Waals surface area contributed by atoms with Crippen LogP contribution in [0.3, 0.4) is 0 Å². The van der Waals surface area contributed by atoms with E-state index < -0.39 is 15.9 Å². The second kappa shape index (κ2) is 6.24. The molecule has 1 aliphatic carbocycles. The summed E-state index contributed by atoms with van der Waals surface area (Å²) in [5.74, 6) is 0. The van der Waals surface area contributed by atoms with E-state index in [1.54, 1.807) is 0 Å². The second-order valence-electron chi connectivity index (χ2n) is 5.74. The smallest absolute Gasteiger partial charge is 0.151 e. The number of rotatable bonds is 5. The Labute approximate surface area is 121 Å². The van der Waals surface area contributed by atoms with Crippen LogP contribution < -0.4 is 5.32 Å². The van der Waals surface area contributed by atoms with Gasteiger partial charge in [-0.1, -0.05) is 36.2 Å². The van der Waals surface area contributed by atoms with E-state index in [1.165, 1.54) is 6.26 Å². The first-order chi connectivity index (χ1) is 9.38. The molecule has 5 heteroatoms. The number of aliphatic hydroxyl groups excluding tert-OH is 1. The maximum absolute atomic E-state index is 11.7. The first-order valence-electron chi connectivity index (χ1n) is 7.05. The number of sulfone groups is 1. The summed E-state index contributed by atoms with van der Waals surface area (Å²) < 4.78 is 23.4. The van der Waals surface area contributed by atoms with E-state index in [0.29, 0.717) is 6.54 Å². The maximum atomic E-state index is 11.7. The Kier molecular flexibility index (Phi) is 4.83. The zero-order valence-electron chi connectivity index (χ0n) is 12.0. The molecule has 0 amide bonds. The molecule has 1 aromatic rings. The summed E-state index contributed by atoms with van der Waals surface area (Å²) in [5, 5.41) is 13.1. The van der Waals surface area contributed by atoms with E-state index in [2.05, 4.69) is 5.32 Å². The largest absolute Gasteiger partial charge is 0.387 e. The predicted octanol–water partition coefficient (Wildman–Crippen LogP) is 1.58. The minimum absolute atomic E-state index is 0.0375. The summed E-state index contributed by atoms with van der Waals surface area (Å²) in [6, 6.07) is 7.71. The summed E-state index contributed by atoms with van der Waals surface area (Å²) in [6.07, 6.45) is 3.20. The topological polar surface area (TPSA) is 66.4 Å². The van der Waals surface area contributed by atoms with Crippen LogP contribution in [0, 0.1) is 6.92 Å². The lowest BCUT2D eigenvalue weighted by Gasteiger charge is -2.21. The van der Waals surface area contributed by atoms with Gasteiger partial charge >= 0.3 is 0 Å². The molecule has 0 spiro atoms. The lowest BCUT2D eigenvalue weighted by atomic mass is 10.1. The molecule has 20 heavy (non-hydrogen) atoms. The Morgan fingerprint density at radius 2 is 2.15 bits per heavy atom. The Hall–Kier alpha value is -0.910. The van der Waals surface area contributed by atoms with E-state index in [0.717, 1.165) is 30.4 Å². The molecule has 0 saturated heterocycles. The molecule has 0 heterocycles. The Morgan fingerprint density at radius 3 is 2.80 bits per heavy atom. The van der Waals surface area contributed by atoms with Gasteiger partial charge in [-0.25, -0.2) is 8.42 Å². The van der Waals surface area contributed by atoms with Crippen molar-refractivity contribution in [1.82, 2.24) is 5.32 Å². The van der Waals surface area contributed by atoms with Crippen molar-refractivity contribution in [2.24, 2.45) is 0 Å². The molecule has 112 valence electrons. The molecule has 1 fully saturated rings. The van der Waals surface area contributed by atoms with Gasteiger partial charge in [0.1, 0.15) is 0 Å². The highest BCUT2D eigenvalue weighted by Gasteiger charge is 2.34. The van der Waals surface area contributed by atoms with Crippen LogP contribution in [-0.2, 0) is 9.84 Å². The fourth-order valence-electron chi connectivity index (χ4n) is 2.93. The number of aryl methyl sites for hydroxylation is 1. The quantitative estimate of drug-likeness (QED) is 0.866. The second-order valence-corrected chi connectivity index (χ2v) is 8.01. The van der Waals surface area contributed by atoms with Crippen LogP contribution in [-0.4, -0.2) is 37.6 Å². The standard InChI is InChI=1S/C15H23NO3S/c1-11-5-3-6-12(9-11)14(17)10-16-13-7-4-8-15(13)20(2,18)19/h3,5-6,9,13-17H,4,7-8,10H2,1-2H3. The summed E-state index contributed by atoms with van der Waals surface area (Å²) in [5.41, 5.74) is 1.97. The number of aliphatic hydroxyl groups is 1. The normalized spacial score (nSPS) is 24.8. The third-order valence-corrected chi connectivity index (χ3v) is 5.67. The highest BCUT2D eigenvalue weighted by atomic mass is 32.2. The minimum Gasteiger partial charge on any atom is -0.387 e. The van der Waals surface area contributed by atoms with Crippen molar-refractivity contribution in [3.05, 3.63) is 35.4 Å². The van der Waals surface area contributed by atoms with Crippen molar-refractivity contribution in [1.29, 1.82) is 0 Å². The number of nitrogens with one attached hydrogen (secondary N) is 1. The highest BCUT2D eigenvalue weighted by molar-refractivity contribution is 7.91. The van der Waals surface area contributed by atoms with Crippen LogP contribution in [0.25, 0.3) is 0 Å². The van der Waals surface area contributed by atoms with Crippen molar-refractivity contribution in [3.63, 3.8) is 0 Å². The number of hydrogen-bond acceptors (Lipinski definition) is 4. The van der Waals surface area contributed by atoms with Crippen LogP contribution in [0.15, 0.2) is 24.3 Å². The molecule has 0 radical (unpaired) electrons. The number of hydrogen-bond donors (Lipinski definition) is 2. The zero-order valence-corrected chi connectivity index (χ0v) is 12.9. The SMILES string of the molecule is Cc1cccc(C(O)CNC2CCCC2S(C)(=O)=O)c1. The minimum atomic E-state index is -3.02. The fourth-order valence-corrected chi connectivity index (χ4v) is 4.35. The van der Waals surface area contributed by atoms with Gasteiger partial charge in [0.25, 0.3) is 0 Å². The van der Waals surface area contributed by atoms with Gasteiger partial charge in [-0.15, -0.1) is 0 Å². The van der Waals surface area contributed by atoms with Gasteiger partial charge in [0.05, 0.1) is 11.4 Å². The van der Waals surface area contributed by atoms with E-state index in [9.17, 15) is 13.5 Å². The van der Waals surface area contributed by atoms with Gasteiger partial charge in [0.15, 0.2) is 9.84 Å². The van der Waals surface area contributed by atoms with Gasteiger partial charge in [-0.05, 0) is 25.3 Å². The third kappa shape index (κ3) is 3.81. The van der Waals surface area contributed by atoms with E-state index in [1.807, 2.05) is 31.2 Å². The fraction of sp³-hybridized carbons (Fsp3) is 0.600. The molecule has 2 rings (SSSR count). The molecule has 1 saturated carbocycles. The molecule has 2 N–H and O–H groups in total. The van der Waals surface area contributed by atoms with Crippen molar-refractivity contribution in [3.8, 4) is 0 Å². The van der Waals surface area contributed by atoms with Gasteiger partial charge < -0.3 is 10.4 Å². The molecule has 0 aliphatic heterocycles. The molecular weight excluding hydrogens is 274 g/mol. The molecule has 0 aromatic heterocycles. The monoisotopic (exact) mass is 297 g/mol.